The molecule has 116 valence electrons. The first-order valence-electron chi connectivity index (χ1n) is 7.59. The van der Waals surface area contributed by atoms with Crippen molar-refractivity contribution >= 4 is 12.1 Å². The topological polar surface area (TPSA) is 66.8 Å². The maximum atomic E-state index is 12.3. The molecule has 0 spiro atoms. The van der Waals surface area contributed by atoms with Crippen molar-refractivity contribution in [3.8, 4) is 0 Å². The van der Waals surface area contributed by atoms with E-state index in [2.05, 4.69) is 6.58 Å². The minimum absolute atomic E-state index is 0.0151. The Hall–Kier alpha value is -1.52. The molecule has 2 aliphatic carbocycles. The second kappa shape index (κ2) is 4.49. The predicted molar refractivity (Wildman–Crippen MR) is 76.7 cm³/mol. The Balaban J connectivity index is 1.85. The zero-order valence-electron chi connectivity index (χ0n) is 12.8. The van der Waals surface area contributed by atoms with Crippen LogP contribution in [0.4, 0.5) is 4.79 Å². The van der Waals surface area contributed by atoms with Crippen LogP contribution in [0.15, 0.2) is 12.2 Å². The number of carboxylic acid groups (broad SMARTS) is 1. The van der Waals surface area contributed by atoms with E-state index in [9.17, 15) is 14.7 Å². The van der Waals surface area contributed by atoms with Crippen LogP contribution >= 0.6 is 0 Å². The lowest BCUT2D eigenvalue weighted by Crippen LogP contribution is -2.46. The van der Waals surface area contributed by atoms with Gasteiger partial charge in [-0.15, -0.1) is 0 Å². The summed E-state index contributed by atoms with van der Waals surface area (Å²) in [5, 5.41) is 9.61. The maximum absolute atomic E-state index is 12.3. The summed E-state index contributed by atoms with van der Waals surface area (Å²) >= 11 is 0. The zero-order chi connectivity index (χ0) is 15.5. The number of hydrogen-bond acceptors (Lipinski definition) is 3. The molecule has 3 aliphatic rings. The van der Waals surface area contributed by atoms with E-state index >= 15 is 0 Å². The molecule has 1 saturated heterocycles. The molecule has 1 N–H and O–H groups in total. The molecule has 0 aromatic heterocycles. The standard InChI is InChI=1S/C16H23NO4/c1-8-5-9-6-10(8)12-11(9)7-17(13(12)14(18)19)15(20)21-16(2,3)4/h9-13H,1,5-7H2,2-4H3,(H,18,19)/t9-,10-,11-,12+,13+/m1/s1. The van der Waals surface area contributed by atoms with Crippen LogP contribution in [0.5, 0.6) is 0 Å². The van der Waals surface area contributed by atoms with Gasteiger partial charge in [-0.1, -0.05) is 12.2 Å². The molecule has 1 heterocycles. The first-order valence-corrected chi connectivity index (χ1v) is 7.59. The number of rotatable bonds is 1. The fraction of sp³-hybridized carbons (Fsp3) is 0.750. The Bertz CT molecular complexity index is 507. The van der Waals surface area contributed by atoms with Crippen LogP contribution in [-0.4, -0.2) is 40.3 Å². The van der Waals surface area contributed by atoms with Gasteiger partial charge in [-0.2, -0.15) is 0 Å². The average Bonchev–Trinajstić information content (AvgIpc) is 2.93. The summed E-state index contributed by atoms with van der Waals surface area (Å²) in [6.07, 6.45) is 1.52. The molecule has 0 radical (unpaired) electrons. The Morgan fingerprint density at radius 1 is 1.38 bits per heavy atom. The largest absolute Gasteiger partial charge is 0.480 e. The highest BCUT2D eigenvalue weighted by Gasteiger charge is 2.61. The number of carbonyl (C=O) groups excluding carboxylic acids is 1. The first-order chi connectivity index (χ1) is 9.69. The molecule has 1 aliphatic heterocycles. The molecule has 1 amide bonds. The number of carbonyl (C=O) groups is 2. The second-order valence-electron chi connectivity index (χ2n) is 7.62. The minimum Gasteiger partial charge on any atom is -0.480 e. The van der Waals surface area contributed by atoms with E-state index in [1.807, 2.05) is 0 Å². The van der Waals surface area contributed by atoms with Crippen LogP contribution in [0.3, 0.4) is 0 Å². The predicted octanol–water partition coefficient (Wildman–Crippen LogP) is 2.52. The highest BCUT2D eigenvalue weighted by atomic mass is 16.6. The van der Waals surface area contributed by atoms with Crippen molar-refractivity contribution in [1.82, 2.24) is 4.90 Å². The molecule has 0 aromatic carbocycles. The SMILES string of the molecule is C=C1C[C@@H]2C[C@H]1[C@H]1[C@@H]2CN(C(=O)OC(C)(C)C)[C@@H]1C(=O)O. The zero-order valence-corrected chi connectivity index (χ0v) is 12.8. The van der Waals surface area contributed by atoms with Crippen molar-refractivity contribution in [3.63, 3.8) is 0 Å². The summed E-state index contributed by atoms with van der Waals surface area (Å²) in [5.74, 6) is 0.124. The smallest absolute Gasteiger partial charge is 0.411 e. The third-order valence-corrected chi connectivity index (χ3v) is 5.16. The van der Waals surface area contributed by atoms with Crippen molar-refractivity contribution in [2.45, 2.75) is 45.3 Å². The van der Waals surface area contributed by atoms with Gasteiger partial charge in [0.15, 0.2) is 0 Å². The van der Waals surface area contributed by atoms with Crippen molar-refractivity contribution in [2.24, 2.45) is 23.7 Å². The number of ether oxygens (including phenoxy) is 1. The van der Waals surface area contributed by atoms with Gasteiger partial charge < -0.3 is 9.84 Å². The van der Waals surface area contributed by atoms with E-state index in [-0.39, 0.29) is 17.8 Å². The minimum atomic E-state index is -0.922. The molecule has 0 unspecified atom stereocenters. The van der Waals surface area contributed by atoms with Crippen molar-refractivity contribution < 1.29 is 19.4 Å². The summed E-state index contributed by atoms with van der Waals surface area (Å²) in [6.45, 7) is 9.98. The van der Waals surface area contributed by atoms with Gasteiger partial charge in [0.05, 0.1) is 0 Å². The van der Waals surface area contributed by atoms with Crippen molar-refractivity contribution in [2.75, 3.05) is 6.54 Å². The van der Waals surface area contributed by atoms with Gasteiger partial charge >= 0.3 is 12.1 Å². The van der Waals surface area contributed by atoms with Gasteiger partial charge in [-0.3, -0.25) is 4.90 Å². The number of allylic oxidation sites excluding steroid dienone is 1. The monoisotopic (exact) mass is 293 g/mol. The lowest BCUT2D eigenvalue weighted by atomic mass is 9.76. The number of nitrogens with zero attached hydrogens (tertiary/aromatic N) is 1. The van der Waals surface area contributed by atoms with Gasteiger partial charge in [0.1, 0.15) is 11.6 Å². The highest BCUT2D eigenvalue weighted by Crippen LogP contribution is 2.59. The molecule has 3 rings (SSSR count). The van der Waals surface area contributed by atoms with Gasteiger partial charge in [-0.25, -0.2) is 9.59 Å². The van der Waals surface area contributed by atoms with Crippen LogP contribution in [0.1, 0.15) is 33.6 Å². The quantitative estimate of drug-likeness (QED) is 0.754. The molecular formula is C16H23NO4. The molecule has 5 heteroatoms. The molecule has 5 nitrogen and oxygen atoms in total. The van der Waals surface area contributed by atoms with E-state index < -0.39 is 23.7 Å². The third kappa shape index (κ3) is 2.23. The van der Waals surface area contributed by atoms with E-state index in [1.165, 1.54) is 10.5 Å². The lowest BCUT2D eigenvalue weighted by molar-refractivity contribution is -0.143. The number of amides is 1. The van der Waals surface area contributed by atoms with Gasteiger partial charge in [0, 0.05) is 12.5 Å². The van der Waals surface area contributed by atoms with Crippen molar-refractivity contribution in [3.05, 3.63) is 12.2 Å². The first kappa shape index (κ1) is 14.4. The molecule has 3 fully saturated rings. The van der Waals surface area contributed by atoms with Crippen LogP contribution in [0.25, 0.3) is 0 Å². The van der Waals surface area contributed by atoms with Gasteiger partial charge in [-0.05, 0) is 51.4 Å². The van der Waals surface area contributed by atoms with E-state index in [0.29, 0.717) is 12.5 Å². The Morgan fingerprint density at radius 2 is 2.05 bits per heavy atom. The number of carboxylic acids is 1. The fourth-order valence-corrected chi connectivity index (χ4v) is 4.51. The Kier molecular flexibility index (Phi) is 3.08. The highest BCUT2D eigenvalue weighted by molar-refractivity contribution is 5.81. The number of hydrogen-bond donors (Lipinski definition) is 1. The molecule has 2 bridgehead atoms. The molecule has 2 saturated carbocycles. The second-order valence-corrected chi connectivity index (χ2v) is 7.62. The van der Waals surface area contributed by atoms with E-state index in [1.54, 1.807) is 20.8 Å². The van der Waals surface area contributed by atoms with Crippen LogP contribution in [-0.2, 0) is 9.53 Å². The Labute approximate surface area is 124 Å². The van der Waals surface area contributed by atoms with Crippen molar-refractivity contribution in [1.29, 1.82) is 0 Å². The van der Waals surface area contributed by atoms with Gasteiger partial charge in [0.25, 0.3) is 0 Å². The normalized spacial score (nSPS) is 37.8. The van der Waals surface area contributed by atoms with Crippen LogP contribution in [0, 0.1) is 23.7 Å². The third-order valence-electron chi connectivity index (χ3n) is 5.16. The average molecular weight is 293 g/mol. The molecule has 21 heavy (non-hydrogen) atoms. The van der Waals surface area contributed by atoms with Gasteiger partial charge in [0.2, 0.25) is 0 Å². The Morgan fingerprint density at radius 3 is 2.62 bits per heavy atom. The maximum Gasteiger partial charge on any atom is 0.411 e. The summed E-state index contributed by atoms with van der Waals surface area (Å²) in [7, 11) is 0. The van der Waals surface area contributed by atoms with Crippen LogP contribution in [0.2, 0.25) is 0 Å². The lowest BCUT2D eigenvalue weighted by Gasteiger charge is -2.30. The summed E-state index contributed by atoms with van der Waals surface area (Å²) in [4.78, 5) is 25.5. The molecule has 0 aromatic rings. The fourth-order valence-electron chi connectivity index (χ4n) is 4.51. The number of likely N-dealkylation sites (tertiary alicyclic amines) is 1. The summed E-state index contributed by atoms with van der Waals surface area (Å²) in [5.41, 5.74) is 0.555. The van der Waals surface area contributed by atoms with E-state index in [0.717, 1.165) is 12.8 Å². The number of fused-ring (bicyclic) bond motifs is 5. The number of aliphatic carboxylic acids is 1. The summed E-state index contributed by atoms with van der Waals surface area (Å²) < 4.78 is 5.39. The molecular weight excluding hydrogens is 270 g/mol. The summed E-state index contributed by atoms with van der Waals surface area (Å²) in [6, 6.07) is -0.767. The van der Waals surface area contributed by atoms with Crippen LogP contribution < -0.4 is 0 Å². The molecule has 5 atom stereocenters. The van der Waals surface area contributed by atoms with E-state index in [4.69, 9.17) is 4.74 Å².